The summed E-state index contributed by atoms with van der Waals surface area (Å²) in [6.45, 7) is 9.49. The molecule has 0 amide bonds. The number of rotatable bonds is 4. The standard InChI is InChI=1S/C46H36N2/c1-45(2)37-25-31(43-19-11-17-41(47-43)29-13-7-5-8-14-29)21-23-33(37)35-28-40-36(27-39(35)45)34-24-22-32(26-38(34)46(40,3)4)44-20-12-18-42(48-44)30-15-9-6-10-16-30/h5-28H,1-4H3. The zero-order valence-corrected chi connectivity index (χ0v) is 27.8. The lowest BCUT2D eigenvalue weighted by atomic mass is 9.79. The highest BCUT2D eigenvalue weighted by Crippen LogP contribution is 2.56. The fourth-order valence-corrected chi connectivity index (χ4v) is 8.01. The molecule has 0 atom stereocenters. The molecule has 9 rings (SSSR count). The van der Waals surface area contributed by atoms with Crippen molar-refractivity contribution in [2.24, 2.45) is 0 Å². The second-order valence-corrected chi connectivity index (χ2v) is 14.3. The van der Waals surface area contributed by atoms with Crippen LogP contribution in [0.5, 0.6) is 0 Å². The van der Waals surface area contributed by atoms with Crippen molar-refractivity contribution >= 4 is 0 Å². The summed E-state index contributed by atoms with van der Waals surface area (Å²) in [5.41, 5.74) is 19.2. The summed E-state index contributed by atoms with van der Waals surface area (Å²) < 4.78 is 0. The van der Waals surface area contributed by atoms with Gasteiger partial charge in [-0.1, -0.05) is 125 Å². The van der Waals surface area contributed by atoms with Gasteiger partial charge in [0.05, 0.1) is 22.8 Å². The summed E-state index contributed by atoms with van der Waals surface area (Å²) in [5.74, 6) is 0. The highest BCUT2D eigenvalue weighted by molar-refractivity contribution is 5.91. The van der Waals surface area contributed by atoms with Crippen molar-refractivity contribution in [1.82, 2.24) is 9.97 Å². The van der Waals surface area contributed by atoms with Gasteiger partial charge in [0.1, 0.15) is 0 Å². The molecule has 5 aromatic carbocycles. The summed E-state index contributed by atoms with van der Waals surface area (Å²) in [6.07, 6.45) is 0. The van der Waals surface area contributed by atoms with E-state index in [1.54, 1.807) is 0 Å². The first-order valence-electron chi connectivity index (χ1n) is 16.8. The van der Waals surface area contributed by atoms with Crippen LogP contribution < -0.4 is 0 Å². The van der Waals surface area contributed by atoms with Gasteiger partial charge in [0.25, 0.3) is 0 Å². The van der Waals surface area contributed by atoms with Crippen LogP contribution in [0.3, 0.4) is 0 Å². The van der Waals surface area contributed by atoms with E-state index in [1.807, 2.05) is 12.1 Å². The van der Waals surface area contributed by atoms with Gasteiger partial charge in [0.2, 0.25) is 0 Å². The largest absolute Gasteiger partial charge is 0.248 e. The molecule has 2 aliphatic carbocycles. The second kappa shape index (κ2) is 10.5. The maximum atomic E-state index is 5.07. The Morgan fingerprint density at radius 1 is 0.312 bits per heavy atom. The smallest absolute Gasteiger partial charge is 0.0709 e. The summed E-state index contributed by atoms with van der Waals surface area (Å²) in [6, 6.07) is 52.4. The van der Waals surface area contributed by atoms with Crippen LogP contribution in [-0.4, -0.2) is 9.97 Å². The average Bonchev–Trinajstić information content (AvgIpc) is 3.50. The molecule has 2 heterocycles. The van der Waals surface area contributed by atoms with Gasteiger partial charge in [-0.2, -0.15) is 0 Å². The van der Waals surface area contributed by atoms with Gasteiger partial charge < -0.3 is 0 Å². The number of benzene rings is 5. The van der Waals surface area contributed by atoms with E-state index in [-0.39, 0.29) is 10.8 Å². The Morgan fingerprint density at radius 2 is 0.667 bits per heavy atom. The Morgan fingerprint density at radius 3 is 1.06 bits per heavy atom. The molecule has 2 aromatic heterocycles. The Labute approximate surface area is 282 Å². The van der Waals surface area contributed by atoms with E-state index in [1.165, 1.54) is 44.5 Å². The van der Waals surface area contributed by atoms with E-state index in [9.17, 15) is 0 Å². The highest BCUT2D eigenvalue weighted by Gasteiger charge is 2.42. The third-order valence-corrected chi connectivity index (χ3v) is 10.7. The lowest BCUT2D eigenvalue weighted by molar-refractivity contribution is 0.652. The van der Waals surface area contributed by atoms with E-state index >= 15 is 0 Å². The Bertz CT molecular complexity index is 2210. The number of hydrogen-bond donors (Lipinski definition) is 0. The quantitative estimate of drug-likeness (QED) is 0.197. The topological polar surface area (TPSA) is 25.8 Å². The van der Waals surface area contributed by atoms with Gasteiger partial charge in [-0.05, 0) is 93.0 Å². The highest BCUT2D eigenvalue weighted by atomic mass is 14.7. The maximum Gasteiger partial charge on any atom is 0.0709 e. The number of fused-ring (bicyclic) bond motifs is 6. The number of hydrogen-bond acceptors (Lipinski definition) is 2. The molecule has 2 aliphatic rings. The second-order valence-electron chi connectivity index (χ2n) is 14.3. The lowest BCUT2D eigenvalue weighted by Gasteiger charge is -2.24. The molecule has 7 aromatic rings. The molecule has 0 spiro atoms. The molecule has 0 bridgehead atoms. The molecule has 2 nitrogen and oxygen atoms in total. The molecule has 0 N–H and O–H groups in total. The van der Waals surface area contributed by atoms with Crippen LogP contribution in [0.2, 0.25) is 0 Å². The first kappa shape index (κ1) is 28.6. The van der Waals surface area contributed by atoms with Crippen LogP contribution in [0, 0.1) is 0 Å². The van der Waals surface area contributed by atoms with Crippen LogP contribution >= 0.6 is 0 Å². The van der Waals surface area contributed by atoms with Gasteiger partial charge in [-0.15, -0.1) is 0 Å². The Balaban J connectivity index is 1.10. The fraction of sp³-hybridized carbons (Fsp3) is 0.130. The molecule has 0 radical (unpaired) electrons. The predicted molar refractivity (Wildman–Crippen MR) is 199 cm³/mol. The van der Waals surface area contributed by atoms with Crippen molar-refractivity contribution in [3.8, 4) is 67.3 Å². The SMILES string of the molecule is CC1(C)c2cc(-c3cccc(-c4ccccc4)n3)ccc2-c2cc3c(cc21)-c1ccc(-c2cccc(-c4ccccc4)n2)cc1C3(C)C. The first-order chi connectivity index (χ1) is 23.3. The molecule has 0 unspecified atom stereocenters. The summed E-state index contributed by atoms with van der Waals surface area (Å²) in [4.78, 5) is 10.1. The summed E-state index contributed by atoms with van der Waals surface area (Å²) in [7, 11) is 0. The zero-order chi connectivity index (χ0) is 32.6. The van der Waals surface area contributed by atoms with Crippen LogP contribution in [0.25, 0.3) is 67.3 Å². The van der Waals surface area contributed by atoms with Crippen molar-refractivity contribution in [3.63, 3.8) is 0 Å². The van der Waals surface area contributed by atoms with Gasteiger partial charge in [-0.3, -0.25) is 0 Å². The van der Waals surface area contributed by atoms with Gasteiger partial charge >= 0.3 is 0 Å². The number of aromatic nitrogens is 2. The fourth-order valence-electron chi connectivity index (χ4n) is 8.01. The lowest BCUT2D eigenvalue weighted by Crippen LogP contribution is -2.17. The average molecular weight is 617 g/mol. The van der Waals surface area contributed by atoms with Gasteiger partial charge in [-0.25, -0.2) is 9.97 Å². The van der Waals surface area contributed by atoms with E-state index in [4.69, 9.17) is 9.97 Å². The monoisotopic (exact) mass is 616 g/mol. The van der Waals surface area contributed by atoms with Crippen molar-refractivity contribution in [1.29, 1.82) is 0 Å². The normalized spacial score (nSPS) is 14.6. The van der Waals surface area contributed by atoms with E-state index < -0.39 is 0 Å². The van der Waals surface area contributed by atoms with Crippen LogP contribution in [0.15, 0.2) is 146 Å². The summed E-state index contributed by atoms with van der Waals surface area (Å²) >= 11 is 0. The molecule has 0 saturated carbocycles. The first-order valence-corrected chi connectivity index (χ1v) is 16.8. The van der Waals surface area contributed by atoms with Crippen molar-refractivity contribution in [2.75, 3.05) is 0 Å². The van der Waals surface area contributed by atoms with Crippen molar-refractivity contribution in [3.05, 3.63) is 168 Å². The molecular weight excluding hydrogens is 581 g/mol. The molecular formula is C46H36N2. The van der Waals surface area contributed by atoms with Crippen LogP contribution in [0.1, 0.15) is 49.9 Å². The van der Waals surface area contributed by atoms with Crippen molar-refractivity contribution in [2.45, 2.75) is 38.5 Å². The Kier molecular flexibility index (Phi) is 6.23. The summed E-state index contributed by atoms with van der Waals surface area (Å²) in [5, 5.41) is 0. The molecule has 0 fully saturated rings. The molecule has 0 saturated heterocycles. The Hall–Kier alpha value is -5.60. The zero-order valence-electron chi connectivity index (χ0n) is 27.8. The van der Waals surface area contributed by atoms with E-state index in [2.05, 4.69) is 161 Å². The maximum absolute atomic E-state index is 5.07. The van der Waals surface area contributed by atoms with Gasteiger partial charge in [0, 0.05) is 33.1 Å². The van der Waals surface area contributed by atoms with Crippen LogP contribution in [-0.2, 0) is 10.8 Å². The predicted octanol–water partition coefficient (Wildman–Crippen LogP) is 11.8. The third-order valence-electron chi connectivity index (χ3n) is 10.7. The van der Waals surface area contributed by atoms with Crippen molar-refractivity contribution < 1.29 is 0 Å². The van der Waals surface area contributed by atoms with Crippen LogP contribution in [0.4, 0.5) is 0 Å². The minimum atomic E-state index is -0.138. The van der Waals surface area contributed by atoms with Gasteiger partial charge in [0.15, 0.2) is 0 Å². The minimum absolute atomic E-state index is 0.138. The molecule has 230 valence electrons. The molecule has 48 heavy (non-hydrogen) atoms. The number of nitrogens with zero attached hydrogens (tertiary/aromatic N) is 2. The van der Waals surface area contributed by atoms with E-state index in [0.717, 1.165) is 45.0 Å². The molecule has 2 heteroatoms. The molecule has 0 aliphatic heterocycles. The number of pyridine rings is 2. The van der Waals surface area contributed by atoms with E-state index in [0.29, 0.717) is 0 Å². The third kappa shape index (κ3) is 4.33. The minimum Gasteiger partial charge on any atom is -0.248 e.